The standard InChI is InChI=1S/C22H27N3O3.2C20H21N3O2.C18H17N3O2.C16H14FN3O2/c1-6-26-17-8-10-18(11-9-17)27-20-12-7-16(22(3,4)5)13-19(20)23-14-21-24-15(2)25-28-21;1-13-6-5-7-14(2)19(13)24-17-9-4-3-8-16(17)21-12-18-22-23-20(25-18)15-10-11-15;1-13-6-5-7-14(2)19(13)24-17-9-4-3-8-16(17)21-12-18-22-20(23-25-18)15-10-11-15;1-2-6-14(7-3-1)22-16-9-5-4-8-15(16)19-12-17-20-18(21-23-17)13-10-11-13;1-11-19-16(20-22-11)10-18-14-7-2-3-8-15(14)21-13-6-4-5-12(17)9-13/h7-13,23H,6,14H2,1-5H3;2*3-9,15,21H,10-12H2,1-2H3;1-9,13,19H,10-12H2;2-9,18H,10H2,1H3. The van der Waals surface area contributed by atoms with Gasteiger partial charge in [-0.1, -0.05) is 157 Å². The second-order valence-corrected chi connectivity index (χ2v) is 30.8. The van der Waals surface area contributed by atoms with Gasteiger partial charge in [0.25, 0.3) is 0 Å². The summed E-state index contributed by atoms with van der Waals surface area (Å²) in [4.78, 5) is 17.2. The van der Waals surface area contributed by atoms with Crippen LogP contribution in [0.2, 0.25) is 0 Å². The van der Waals surface area contributed by atoms with Gasteiger partial charge in [0.2, 0.25) is 35.3 Å². The number of benzene rings is 10. The van der Waals surface area contributed by atoms with Crippen molar-refractivity contribution in [3.8, 4) is 63.2 Å². The molecule has 10 aromatic carbocycles. The molecule has 5 heterocycles. The first kappa shape index (κ1) is 85.1. The Morgan fingerprint density at radius 2 is 0.789 bits per heavy atom. The number of nitrogens with one attached hydrogen (secondary N) is 5. The second-order valence-electron chi connectivity index (χ2n) is 30.8. The first-order valence-electron chi connectivity index (χ1n) is 41.2. The van der Waals surface area contributed by atoms with Crippen LogP contribution in [0.3, 0.4) is 0 Å². The van der Waals surface area contributed by atoms with Crippen molar-refractivity contribution in [1.29, 1.82) is 0 Å². The van der Waals surface area contributed by atoms with E-state index in [1.165, 1.54) is 43.4 Å². The summed E-state index contributed by atoms with van der Waals surface area (Å²) in [7, 11) is 0. The number of aromatic nitrogens is 10. The first-order chi connectivity index (χ1) is 59.8. The average molecular weight is 1660 g/mol. The summed E-state index contributed by atoms with van der Waals surface area (Å²) in [5.74, 6) is 15.8. The monoisotopic (exact) mass is 1660 g/mol. The number of anilines is 5. The van der Waals surface area contributed by atoms with E-state index in [1.807, 2.05) is 171 Å². The third kappa shape index (κ3) is 25.1. The normalized spacial score (nSPS) is 12.6. The summed E-state index contributed by atoms with van der Waals surface area (Å²) in [6, 6.07) is 72.7. The molecule has 3 saturated carbocycles. The van der Waals surface area contributed by atoms with Crippen molar-refractivity contribution < 1.29 is 55.3 Å². The van der Waals surface area contributed by atoms with Gasteiger partial charge >= 0.3 is 0 Å². The van der Waals surface area contributed by atoms with Crippen molar-refractivity contribution in [3.05, 3.63) is 323 Å². The first-order valence-corrected chi connectivity index (χ1v) is 41.2. The lowest BCUT2D eigenvalue weighted by Gasteiger charge is -2.21. The number of ether oxygens (including phenoxy) is 6. The van der Waals surface area contributed by atoms with Crippen LogP contribution in [-0.2, 0) is 38.1 Å². The van der Waals surface area contributed by atoms with Gasteiger partial charge in [-0.3, -0.25) is 0 Å². The van der Waals surface area contributed by atoms with Gasteiger partial charge in [0.05, 0.1) is 67.8 Å². The minimum Gasteiger partial charge on any atom is -0.494 e. The average Bonchev–Trinajstić information content (AvgIpc) is 1.07. The molecular weight excluding hydrogens is 1560 g/mol. The van der Waals surface area contributed by atoms with Crippen molar-refractivity contribution >= 4 is 28.4 Å². The van der Waals surface area contributed by atoms with Crippen molar-refractivity contribution in [3.63, 3.8) is 0 Å². The topological polar surface area (TPSA) is 310 Å². The van der Waals surface area contributed by atoms with E-state index in [4.69, 9.17) is 50.9 Å². The summed E-state index contributed by atoms with van der Waals surface area (Å²) in [5.41, 5.74) is 10.00. The molecule has 3 aliphatic rings. The molecule has 3 aliphatic carbocycles. The van der Waals surface area contributed by atoms with E-state index < -0.39 is 0 Å². The number of hydrogen-bond donors (Lipinski definition) is 5. The molecule has 0 radical (unpaired) electrons. The lowest BCUT2D eigenvalue weighted by atomic mass is 9.87. The quantitative estimate of drug-likeness (QED) is 0.0279. The third-order valence-corrected chi connectivity index (χ3v) is 19.6. The van der Waals surface area contributed by atoms with Crippen molar-refractivity contribution in [2.45, 2.75) is 164 Å². The molecule has 632 valence electrons. The second kappa shape index (κ2) is 41.1. The van der Waals surface area contributed by atoms with Gasteiger partial charge in [0, 0.05) is 30.7 Å². The Kier molecular flexibility index (Phi) is 28.4. The van der Waals surface area contributed by atoms with Gasteiger partial charge in [-0.2, -0.15) is 19.9 Å². The summed E-state index contributed by atoms with van der Waals surface area (Å²) in [5, 5.41) is 40.5. The molecule has 0 saturated heterocycles. The van der Waals surface area contributed by atoms with Crippen LogP contribution in [0.25, 0.3) is 0 Å². The van der Waals surface area contributed by atoms with Crippen molar-refractivity contribution in [1.82, 2.24) is 50.8 Å². The van der Waals surface area contributed by atoms with Gasteiger partial charge in [-0.15, -0.1) is 10.2 Å². The molecule has 0 bridgehead atoms. The predicted molar refractivity (Wildman–Crippen MR) is 467 cm³/mol. The lowest BCUT2D eigenvalue weighted by Crippen LogP contribution is -2.12. The van der Waals surface area contributed by atoms with E-state index >= 15 is 0 Å². The van der Waals surface area contributed by atoms with Crippen LogP contribution in [0.5, 0.6) is 63.2 Å². The van der Waals surface area contributed by atoms with Crippen LogP contribution < -0.4 is 55.0 Å². The molecule has 0 unspecified atom stereocenters. The van der Waals surface area contributed by atoms with Gasteiger partial charge in [0.15, 0.2) is 52.0 Å². The number of hydrogen-bond acceptors (Lipinski definition) is 26. The maximum atomic E-state index is 13.2. The Labute approximate surface area is 713 Å². The maximum Gasteiger partial charge on any atom is 0.245 e. The fourth-order valence-electron chi connectivity index (χ4n) is 12.6. The molecule has 18 rings (SSSR count). The Bertz CT molecular complexity index is 5710. The fourth-order valence-corrected chi connectivity index (χ4v) is 12.6. The van der Waals surface area contributed by atoms with Crippen LogP contribution in [0.1, 0.15) is 170 Å². The molecule has 0 amide bonds. The minimum atomic E-state index is -0.342. The smallest absolute Gasteiger partial charge is 0.245 e. The summed E-state index contributed by atoms with van der Waals surface area (Å²) >= 11 is 0. The van der Waals surface area contributed by atoms with E-state index in [1.54, 1.807) is 32.0 Å². The molecule has 3 fully saturated rings. The molecule has 27 heteroatoms. The highest BCUT2D eigenvalue weighted by molar-refractivity contribution is 5.63. The summed E-state index contributed by atoms with van der Waals surface area (Å²) < 4.78 is 75.3. The number of aryl methyl sites for hydroxylation is 6. The van der Waals surface area contributed by atoms with Crippen molar-refractivity contribution in [2.75, 3.05) is 33.2 Å². The Balaban J connectivity index is 0.000000126. The predicted octanol–water partition coefficient (Wildman–Crippen LogP) is 23.7. The third-order valence-electron chi connectivity index (χ3n) is 19.6. The maximum absolute atomic E-state index is 13.2. The highest BCUT2D eigenvalue weighted by atomic mass is 19.1. The van der Waals surface area contributed by atoms with E-state index in [9.17, 15) is 4.39 Å². The Hall–Kier alpha value is -14.4. The van der Waals surface area contributed by atoms with E-state index in [-0.39, 0.29) is 11.2 Å². The van der Waals surface area contributed by atoms with E-state index in [2.05, 4.69) is 162 Å². The van der Waals surface area contributed by atoms with Crippen LogP contribution >= 0.6 is 0 Å². The summed E-state index contributed by atoms with van der Waals surface area (Å²) in [6.07, 6.45) is 6.97. The zero-order chi connectivity index (χ0) is 85.4. The zero-order valence-electron chi connectivity index (χ0n) is 70.5. The highest BCUT2D eigenvalue weighted by Crippen LogP contribution is 2.43. The van der Waals surface area contributed by atoms with Gasteiger partial charge in [-0.25, -0.2) is 4.39 Å². The molecular formula is C96H100FN15O11. The molecule has 0 atom stereocenters. The molecule has 0 spiro atoms. The number of halogens is 1. The minimum absolute atomic E-state index is 0.0230. The van der Waals surface area contributed by atoms with Crippen LogP contribution in [0.15, 0.2) is 253 Å². The molecule has 26 nitrogen and oxygen atoms in total. The Morgan fingerprint density at radius 1 is 0.366 bits per heavy atom. The van der Waals surface area contributed by atoms with Crippen molar-refractivity contribution in [2.24, 2.45) is 0 Å². The van der Waals surface area contributed by atoms with Crippen LogP contribution in [0.4, 0.5) is 32.8 Å². The molecule has 5 aromatic heterocycles. The largest absolute Gasteiger partial charge is 0.494 e. The molecule has 123 heavy (non-hydrogen) atoms. The number of nitrogens with zero attached hydrogens (tertiary/aromatic N) is 10. The van der Waals surface area contributed by atoms with Gasteiger partial charge < -0.3 is 77.5 Å². The Morgan fingerprint density at radius 3 is 1.26 bits per heavy atom. The molecule has 5 N–H and O–H groups in total. The lowest BCUT2D eigenvalue weighted by molar-refractivity contribution is 0.339. The van der Waals surface area contributed by atoms with Gasteiger partial charge in [0.1, 0.15) is 40.3 Å². The molecule has 0 aliphatic heterocycles. The molecule has 15 aromatic rings. The number of rotatable bonds is 30. The van der Waals surface area contributed by atoms with Gasteiger partial charge in [-0.05, 0) is 222 Å². The SMILES string of the molecule is CCOc1ccc(Oc2ccc(C(C)(C)C)cc2NCc2nc(C)no2)cc1.Cc1cccc(C)c1Oc1ccccc1NCc1nc(C2CC2)no1.Cc1cccc(C)c1Oc1ccccc1NCc1nnc(C2CC2)o1.Cc1nc(CNc2ccccc2Oc2cccc(F)c2)no1.c1ccc(Oc2ccccc2NCc2nc(C3CC3)no2)cc1. The van der Waals surface area contributed by atoms with Crippen LogP contribution in [-0.4, -0.2) is 57.4 Å². The van der Waals surface area contributed by atoms with E-state index in [0.29, 0.717) is 110 Å². The fraction of sp³-hybridized carbons (Fsp3) is 0.271. The van der Waals surface area contributed by atoms with Crippen LogP contribution in [0, 0.1) is 47.4 Å². The summed E-state index contributed by atoms with van der Waals surface area (Å²) in [6.45, 7) is 23.1. The van der Waals surface area contributed by atoms with E-state index in [0.717, 1.165) is 133 Å². The highest BCUT2D eigenvalue weighted by Gasteiger charge is 2.31. The zero-order valence-corrected chi connectivity index (χ0v) is 70.5. The number of para-hydroxylation sites is 11.